The van der Waals surface area contributed by atoms with E-state index in [9.17, 15) is 14.4 Å². The molecule has 0 N–H and O–H groups in total. The van der Waals surface area contributed by atoms with E-state index in [0.29, 0.717) is 0 Å². The number of cyclic esters (lactones) is 1. The van der Waals surface area contributed by atoms with Gasteiger partial charge < -0.3 is 9.47 Å². The van der Waals surface area contributed by atoms with Crippen molar-refractivity contribution in [2.24, 2.45) is 17.3 Å². The third-order valence-electron chi connectivity index (χ3n) is 3.85. The lowest BCUT2D eigenvalue weighted by molar-refractivity contribution is -0.149. The monoisotopic (exact) mass is 299 g/mol. The first kappa shape index (κ1) is 17.5. The van der Waals surface area contributed by atoms with Gasteiger partial charge in [0.15, 0.2) is 0 Å². The highest BCUT2D eigenvalue weighted by Crippen LogP contribution is 2.33. The van der Waals surface area contributed by atoms with Gasteiger partial charge in [0, 0.05) is 0 Å². The van der Waals surface area contributed by atoms with Crippen molar-refractivity contribution in [3.8, 4) is 0 Å². The van der Waals surface area contributed by atoms with Crippen LogP contribution in [0, 0.1) is 17.3 Å². The number of esters is 1. The van der Waals surface area contributed by atoms with Crippen molar-refractivity contribution in [2.75, 3.05) is 13.7 Å². The Kier molecular flexibility index (Phi) is 5.36. The molecule has 1 rings (SSSR count). The predicted octanol–water partition coefficient (Wildman–Crippen LogP) is 2.22. The summed E-state index contributed by atoms with van der Waals surface area (Å²) >= 11 is 0. The number of amides is 2. The van der Waals surface area contributed by atoms with Gasteiger partial charge in [0.1, 0.15) is 6.61 Å². The van der Waals surface area contributed by atoms with Crippen LogP contribution in [0.4, 0.5) is 4.79 Å². The lowest BCUT2D eigenvalue weighted by Crippen LogP contribution is -2.48. The lowest BCUT2D eigenvalue weighted by atomic mass is 9.77. The number of carbonyl (C=O) groups is 3. The average Bonchev–Trinajstić information content (AvgIpc) is 2.75. The molecule has 1 heterocycles. The summed E-state index contributed by atoms with van der Waals surface area (Å²) in [5.74, 6) is -1.36. The maximum absolute atomic E-state index is 12.8. The average molecular weight is 299 g/mol. The van der Waals surface area contributed by atoms with Crippen LogP contribution in [0.15, 0.2) is 0 Å². The highest BCUT2D eigenvalue weighted by molar-refractivity contribution is 5.96. The molecule has 0 unspecified atom stereocenters. The van der Waals surface area contributed by atoms with Gasteiger partial charge in [-0.3, -0.25) is 9.59 Å². The van der Waals surface area contributed by atoms with E-state index in [1.165, 1.54) is 12.0 Å². The SMILES string of the molecule is COC(=O)C[C@H](C(=O)N1C(=O)OC[C@@H]1C(C)C)C(C)(C)C. The molecule has 0 aliphatic carbocycles. The van der Waals surface area contributed by atoms with Crippen LogP contribution >= 0.6 is 0 Å². The van der Waals surface area contributed by atoms with Crippen molar-refractivity contribution in [3.05, 3.63) is 0 Å². The molecule has 1 aliphatic rings. The summed E-state index contributed by atoms with van der Waals surface area (Å²) < 4.78 is 9.67. The molecule has 0 saturated carbocycles. The zero-order valence-electron chi connectivity index (χ0n) is 13.6. The molecular formula is C15H25NO5. The molecule has 1 aliphatic heterocycles. The summed E-state index contributed by atoms with van der Waals surface area (Å²) in [4.78, 5) is 37.4. The molecule has 120 valence electrons. The number of imide groups is 1. The lowest BCUT2D eigenvalue weighted by Gasteiger charge is -2.33. The summed E-state index contributed by atoms with van der Waals surface area (Å²) in [5.41, 5.74) is -0.463. The number of methoxy groups -OCH3 is 1. The molecule has 6 nitrogen and oxygen atoms in total. The van der Waals surface area contributed by atoms with Gasteiger partial charge in [-0.25, -0.2) is 9.69 Å². The normalized spacial score (nSPS) is 20.4. The fraction of sp³-hybridized carbons (Fsp3) is 0.800. The number of rotatable bonds is 4. The van der Waals surface area contributed by atoms with E-state index in [1.54, 1.807) is 0 Å². The minimum atomic E-state index is -0.628. The first-order valence-electron chi connectivity index (χ1n) is 7.16. The van der Waals surface area contributed by atoms with Crippen molar-refractivity contribution in [1.29, 1.82) is 0 Å². The Morgan fingerprint density at radius 1 is 1.38 bits per heavy atom. The molecule has 0 aromatic heterocycles. The van der Waals surface area contributed by atoms with Crippen LogP contribution in [0.25, 0.3) is 0 Å². The minimum Gasteiger partial charge on any atom is -0.469 e. The third-order valence-corrected chi connectivity index (χ3v) is 3.85. The van der Waals surface area contributed by atoms with Crippen LogP contribution in [0.1, 0.15) is 41.0 Å². The van der Waals surface area contributed by atoms with Crippen LogP contribution in [-0.4, -0.2) is 42.6 Å². The predicted molar refractivity (Wildman–Crippen MR) is 76.4 cm³/mol. The molecule has 0 spiro atoms. The smallest absolute Gasteiger partial charge is 0.416 e. The van der Waals surface area contributed by atoms with Gasteiger partial charge in [-0.2, -0.15) is 0 Å². The highest BCUT2D eigenvalue weighted by Gasteiger charge is 2.45. The Labute approximate surface area is 125 Å². The van der Waals surface area contributed by atoms with E-state index in [-0.39, 0.29) is 30.9 Å². The molecule has 0 bridgehead atoms. The molecule has 21 heavy (non-hydrogen) atoms. The highest BCUT2D eigenvalue weighted by atomic mass is 16.6. The first-order chi connectivity index (χ1) is 9.59. The minimum absolute atomic E-state index is 0.0482. The zero-order valence-corrected chi connectivity index (χ0v) is 13.6. The molecule has 0 aromatic carbocycles. The largest absolute Gasteiger partial charge is 0.469 e. The Balaban J connectivity index is 3.04. The Morgan fingerprint density at radius 2 is 1.95 bits per heavy atom. The Bertz CT molecular complexity index is 424. The first-order valence-corrected chi connectivity index (χ1v) is 7.16. The van der Waals surface area contributed by atoms with Crippen molar-refractivity contribution >= 4 is 18.0 Å². The number of nitrogens with zero attached hydrogens (tertiary/aromatic N) is 1. The van der Waals surface area contributed by atoms with E-state index >= 15 is 0 Å². The number of hydrogen-bond donors (Lipinski definition) is 0. The van der Waals surface area contributed by atoms with E-state index < -0.39 is 23.4 Å². The molecular weight excluding hydrogens is 274 g/mol. The molecule has 1 saturated heterocycles. The van der Waals surface area contributed by atoms with E-state index in [4.69, 9.17) is 4.74 Å². The summed E-state index contributed by atoms with van der Waals surface area (Å²) in [6, 6.07) is -0.285. The third kappa shape index (κ3) is 3.95. The Hall–Kier alpha value is -1.59. The number of carbonyl (C=O) groups excluding carboxylic acids is 3. The maximum atomic E-state index is 12.8. The van der Waals surface area contributed by atoms with Crippen LogP contribution in [0.2, 0.25) is 0 Å². The van der Waals surface area contributed by atoms with Gasteiger partial charge in [0.05, 0.1) is 25.5 Å². The van der Waals surface area contributed by atoms with Gasteiger partial charge in [0.2, 0.25) is 5.91 Å². The van der Waals surface area contributed by atoms with Crippen LogP contribution < -0.4 is 0 Å². The van der Waals surface area contributed by atoms with Gasteiger partial charge in [-0.15, -0.1) is 0 Å². The van der Waals surface area contributed by atoms with E-state index in [1.807, 2.05) is 34.6 Å². The molecule has 6 heteroatoms. The molecule has 0 aromatic rings. The van der Waals surface area contributed by atoms with Crippen molar-refractivity contribution in [2.45, 2.75) is 47.1 Å². The van der Waals surface area contributed by atoms with Crippen molar-refractivity contribution < 1.29 is 23.9 Å². The fourth-order valence-corrected chi connectivity index (χ4v) is 2.36. The van der Waals surface area contributed by atoms with Crippen molar-refractivity contribution in [1.82, 2.24) is 4.90 Å². The van der Waals surface area contributed by atoms with E-state index in [2.05, 4.69) is 4.74 Å². The summed E-state index contributed by atoms with van der Waals surface area (Å²) in [7, 11) is 1.29. The van der Waals surface area contributed by atoms with Crippen LogP contribution in [-0.2, 0) is 19.1 Å². The standard InChI is InChI=1S/C15H25NO5/c1-9(2)11-8-21-14(19)16(11)13(18)10(15(3,4)5)7-12(17)20-6/h9-11H,7-8H2,1-6H3/t10-,11-/m1/s1. The van der Waals surface area contributed by atoms with Crippen LogP contribution in [0.5, 0.6) is 0 Å². The topological polar surface area (TPSA) is 72.9 Å². The molecule has 2 amide bonds. The second kappa shape index (κ2) is 6.45. The van der Waals surface area contributed by atoms with Gasteiger partial charge in [0.25, 0.3) is 0 Å². The van der Waals surface area contributed by atoms with Gasteiger partial charge in [-0.1, -0.05) is 34.6 Å². The maximum Gasteiger partial charge on any atom is 0.416 e. The zero-order chi connectivity index (χ0) is 16.4. The quantitative estimate of drug-likeness (QED) is 0.744. The second-order valence-electron chi connectivity index (χ2n) is 6.80. The van der Waals surface area contributed by atoms with Gasteiger partial charge in [-0.05, 0) is 11.3 Å². The van der Waals surface area contributed by atoms with Crippen molar-refractivity contribution in [3.63, 3.8) is 0 Å². The molecule has 1 fully saturated rings. The molecule has 0 radical (unpaired) electrons. The van der Waals surface area contributed by atoms with Crippen LogP contribution in [0.3, 0.4) is 0 Å². The second-order valence-corrected chi connectivity index (χ2v) is 6.80. The molecule has 2 atom stereocenters. The number of hydrogen-bond acceptors (Lipinski definition) is 5. The summed E-state index contributed by atoms with van der Waals surface area (Å²) in [6.45, 7) is 9.66. The van der Waals surface area contributed by atoms with Gasteiger partial charge >= 0.3 is 12.1 Å². The summed E-state index contributed by atoms with van der Waals surface area (Å²) in [5, 5.41) is 0. The van der Waals surface area contributed by atoms with E-state index in [0.717, 1.165) is 0 Å². The fourth-order valence-electron chi connectivity index (χ4n) is 2.36. The summed E-state index contributed by atoms with van der Waals surface area (Å²) in [6.07, 6.45) is -0.675. The number of ether oxygens (including phenoxy) is 2. The Morgan fingerprint density at radius 3 is 2.38 bits per heavy atom.